The van der Waals surface area contributed by atoms with Gasteiger partial charge in [0.2, 0.25) is 5.91 Å². The molecule has 0 spiro atoms. The Morgan fingerprint density at radius 3 is 2.47 bits per heavy atom. The molecule has 0 bridgehead atoms. The Morgan fingerprint density at radius 2 is 1.87 bits per heavy atom. The molecule has 2 N–H and O–H groups in total. The van der Waals surface area contributed by atoms with Crippen LogP contribution >= 0.6 is 0 Å². The minimum atomic E-state index is -0.460. The summed E-state index contributed by atoms with van der Waals surface area (Å²) in [4.78, 5) is 11.1. The van der Waals surface area contributed by atoms with Gasteiger partial charge in [-0.05, 0) is 13.3 Å². The molecule has 3 nitrogen and oxygen atoms in total. The van der Waals surface area contributed by atoms with Crippen molar-refractivity contribution in [2.75, 3.05) is 6.54 Å². The van der Waals surface area contributed by atoms with Crippen molar-refractivity contribution < 1.29 is 9.90 Å². The van der Waals surface area contributed by atoms with Crippen LogP contribution in [0.1, 0.15) is 58.8 Å². The zero-order valence-corrected chi connectivity index (χ0v) is 10.1. The van der Waals surface area contributed by atoms with E-state index in [1.807, 2.05) is 6.92 Å². The summed E-state index contributed by atoms with van der Waals surface area (Å²) in [6.45, 7) is 4.71. The maximum Gasteiger partial charge on any atom is 0.222 e. The number of amides is 1. The Kier molecular flexibility index (Phi) is 9.59. The van der Waals surface area contributed by atoms with Crippen molar-refractivity contribution in [1.29, 1.82) is 0 Å². The highest BCUT2D eigenvalue weighted by molar-refractivity contribution is 5.76. The molecule has 0 saturated carbocycles. The molecular formula is C12H25NO2. The van der Waals surface area contributed by atoms with E-state index in [9.17, 15) is 9.90 Å². The number of nitrogens with one attached hydrogen (secondary N) is 1. The van der Waals surface area contributed by atoms with Gasteiger partial charge in [0.05, 0.1) is 12.5 Å². The van der Waals surface area contributed by atoms with Gasteiger partial charge in [-0.3, -0.25) is 4.79 Å². The molecule has 0 fully saturated rings. The first-order valence-corrected chi connectivity index (χ1v) is 6.15. The van der Waals surface area contributed by atoms with E-state index in [2.05, 4.69) is 12.2 Å². The Balaban J connectivity index is 3.32. The van der Waals surface area contributed by atoms with E-state index >= 15 is 0 Å². The minimum Gasteiger partial charge on any atom is -0.393 e. The number of hydrogen-bond acceptors (Lipinski definition) is 2. The molecule has 3 heteroatoms. The smallest absolute Gasteiger partial charge is 0.222 e. The molecule has 0 aliphatic rings. The van der Waals surface area contributed by atoms with E-state index in [0.717, 1.165) is 12.8 Å². The quantitative estimate of drug-likeness (QED) is 0.579. The minimum absolute atomic E-state index is 0.0430. The standard InChI is InChI=1S/C12H25NO2/c1-3-5-6-7-8-9-11(14)10-12(15)13-4-2/h11,14H,3-10H2,1-2H3,(H,13,15). The molecule has 0 saturated heterocycles. The molecule has 0 aromatic carbocycles. The number of rotatable bonds is 9. The molecule has 1 unspecified atom stereocenters. The van der Waals surface area contributed by atoms with Gasteiger partial charge in [-0.1, -0.05) is 39.0 Å². The highest BCUT2D eigenvalue weighted by Crippen LogP contribution is 2.08. The van der Waals surface area contributed by atoms with Gasteiger partial charge in [0.25, 0.3) is 0 Å². The normalized spacial score (nSPS) is 12.5. The summed E-state index contributed by atoms with van der Waals surface area (Å²) in [5.74, 6) is -0.0430. The van der Waals surface area contributed by atoms with Crippen molar-refractivity contribution in [3.63, 3.8) is 0 Å². The van der Waals surface area contributed by atoms with Crippen LogP contribution in [0.3, 0.4) is 0 Å². The summed E-state index contributed by atoms with van der Waals surface area (Å²) in [6.07, 6.45) is 6.49. The number of hydrogen-bond donors (Lipinski definition) is 2. The number of aliphatic hydroxyl groups excluding tert-OH is 1. The van der Waals surface area contributed by atoms with E-state index < -0.39 is 6.10 Å². The fourth-order valence-electron chi connectivity index (χ4n) is 1.57. The van der Waals surface area contributed by atoms with E-state index in [-0.39, 0.29) is 12.3 Å². The van der Waals surface area contributed by atoms with E-state index in [1.165, 1.54) is 25.7 Å². The van der Waals surface area contributed by atoms with Gasteiger partial charge in [0, 0.05) is 6.54 Å². The van der Waals surface area contributed by atoms with Crippen LogP contribution in [0.5, 0.6) is 0 Å². The predicted octanol–water partition coefficient (Wildman–Crippen LogP) is 2.23. The summed E-state index contributed by atoms with van der Waals surface area (Å²) >= 11 is 0. The summed E-state index contributed by atoms with van der Waals surface area (Å²) < 4.78 is 0. The van der Waals surface area contributed by atoms with Crippen molar-refractivity contribution in [3.05, 3.63) is 0 Å². The van der Waals surface area contributed by atoms with Crippen molar-refractivity contribution >= 4 is 5.91 Å². The third-order valence-electron chi connectivity index (χ3n) is 2.44. The number of aliphatic hydroxyl groups is 1. The lowest BCUT2D eigenvalue weighted by Gasteiger charge is -2.09. The molecule has 15 heavy (non-hydrogen) atoms. The average Bonchev–Trinajstić information content (AvgIpc) is 2.17. The van der Waals surface area contributed by atoms with Crippen LogP contribution in [0.25, 0.3) is 0 Å². The van der Waals surface area contributed by atoms with Gasteiger partial charge in [-0.25, -0.2) is 0 Å². The molecule has 0 aromatic heterocycles. The summed E-state index contributed by atoms with van der Waals surface area (Å²) in [5.41, 5.74) is 0. The maximum atomic E-state index is 11.1. The van der Waals surface area contributed by atoms with Crippen molar-refractivity contribution in [1.82, 2.24) is 5.32 Å². The molecule has 0 radical (unpaired) electrons. The van der Waals surface area contributed by atoms with E-state index in [0.29, 0.717) is 6.54 Å². The van der Waals surface area contributed by atoms with E-state index in [1.54, 1.807) is 0 Å². The zero-order valence-electron chi connectivity index (χ0n) is 10.1. The first-order valence-electron chi connectivity index (χ1n) is 6.15. The zero-order chi connectivity index (χ0) is 11.5. The second-order valence-electron chi connectivity index (χ2n) is 4.01. The van der Waals surface area contributed by atoms with Gasteiger partial charge in [0.15, 0.2) is 0 Å². The van der Waals surface area contributed by atoms with Gasteiger partial charge < -0.3 is 10.4 Å². The Bertz CT molecular complexity index is 160. The Morgan fingerprint density at radius 1 is 1.20 bits per heavy atom. The van der Waals surface area contributed by atoms with Crippen LogP contribution in [0.4, 0.5) is 0 Å². The largest absolute Gasteiger partial charge is 0.393 e. The number of carbonyl (C=O) groups is 1. The molecule has 0 rings (SSSR count). The monoisotopic (exact) mass is 215 g/mol. The van der Waals surface area contributed by atoms with Crippen LogP contribution in [0.2, 0.25) is 0 Å². The SMILES string of the molecule is CCCCCCCC(O)CC(=O)NCC. The van der Waals surface area contributed by atoms with Gasteiger partial charge in [-0.2, -0.15) is 0 Å². The van der Waals surface area contributed by atoms with Crippen molar-refractivity contribution in [3.8, 4) is 0 Å². The number of carbonyl (C=O) groups excluding carboxylic acids is 1. The topological polar surface area (TPSA) is 49.3 Å². The lowest BCUT2D eigenvalue weighted by molar-refractivity contribution is -0.122. The third kappa shape index (κ3) is 9.73. The Labute approximate surface area is 93.3 Å². The summed E-state index contributed by atoms with van der Waals surface area (Å²) in [5, 5.41) is 12.2. The Hall–Kier alpha value is -0.570. The van der Waals surface area contributed by atoms with E-state index in [4.69, 9.17) is 0 Å². The highest BCUT2D eigenvalue weighted by Gasteiger charge is 2.09. The summed E-state index contributed by atoms with van der Waals surface area (Å²) in [6, 6.07) is 0. The maximum absolute atomic E-state index is 11.1. The first-order chi connectivity index (χ1) is 7.20. The molecule has 0 aliphatic heterocycles. The average molecular weight is 215 g/mol. The van der Waals surface area contributed by atoms with Crippen molar-refractivity contribution in [2.24, 2.45) is 0 Å². The molecule has 90 valence electrons. The van der Waals surface area contributed by atoms with Gasteiger partial charge in [0.1, 0.15) is 0 Å². The van der Waals surface area contributed by atoms with Gasteiger partial charge in [-0.15, -0.1) is 0 Å². The number of unbranched alkanes of at least 4 members (excludes halogenated alkanes) is 4. The second-order valence-corrected chi connectivity index (χ2v) is 4.01. The van der Waals surface area contributed by atoms with Crippen LogP contribution in [-0.2, 0) is 4.79 Å². The van der Waals surface area contributed by atoms with Gasteiger partial charge >= 0.3 is 0 Å². The van der Waals surface area contributed by atoms with Crippen LogP contribution in [-0.4, -0.2) is 23.7 Å². The van der Waals surface area contributed by atoms with Crippen LogP contribution in [0.15, 0.2) is 0 Å². The summed E-state index contributed by atoms with van der Waals surface area (Å²) in [7, 11) is 0. The molecule has 0 aromatic rings. The lowest BCUT2D eigenvalue weighted by Crippen LogP contribution is -2.26. The predicted molar refractivity (Wildman–Crippen MR) is 62.7 cm³/mol. The van der Waals surface area contributed by atoms with Crippen molar-refractivity contribution in [2.45, 2.75) is 64.9 Å². The fourth-order valence-corrected chi connectivity index (χ4v) is 1.57. The molecule has 1 atom stereocenters. The second kappa shape index (κ2) is 9.97. The first kappa shape index (κ1) is 14.4. The molecule has 1 amide bonds. The fraction of sp³-hybridized carbons (Fsp3) is 0.917. The highest BCUT2D eigenvalue weighted by atomic mass is 16.3. The molecular weight excluding hydrogens is 190 g/mol. The molecule has 0 aliphatic carbocycles. The van der Waals surface area contributed by atoms with Crippen LogP contribution in [0, 0.1) is 0 Å². The lowest BCUT2D eigenvalue weighted by atomic mass is 10.1. The third-order valence-corrected chi connectivity index (χ3v) is 2.44. The van der Waals surface area contributed by atoms with Crippen LogP contribution < -0.4 is 5.32 Å². The molecule has 0 heterocycles.